The Morgan fingerprint density at radius 2 is 2.00 bits per heavy atom. The van der Waals surface area contributed by atoms with E-state index in [1.165, 1.54) is 0 Å². The molecular weight excluding hydrogens is 273 g/mol. The number of benzene rings is 1. The van der Waals surface area contributed by atoms with Crippen molar-refractivity contribution in [3.05, 3.63) is 33.3 Å². The molecular formula is C12H17BrClN. The van der Waals surface area contributed by atoms with Gasteiger partial charge in [-0.1, -0.05) is 48.3 Å². The fourth-order valence-corrected chi connectivity index (χ4v) is 1.84. The van der Waals surface area contributed by atoms with Crippen molar-refractivity contribution in [2.24, 2.45) is 5.41 Å². The minimum atomic E-state index is 0.304. The van der Waals surface area contributed by atoms with Crippen molar-refractivity contribution >= 4 is 27.5 Å². The summed E-state index contributed by atoms with van der Waals surface area (Å²) in [5, 5.41) is 4.22. The Balaban J connectivity index is 2.54. The third kappa shape index (κ3) is 5.01. The predicted octanol–water partition coefficient (Wildman–Crippen LogP) is 4.24. The van der Waals surface area contributed by atoms with Gasteiger partial charge in [0.2, 0.25) is 0 Å². The molecule has 0 radical (unpaired) electrons. The number of hydrogen-bond acceptors (Lipinski definition) is 1. The third-order valence-electron chi connectivity index (χ3n) is 1.98. The van der Waals surface area contributed by atoms with Crippen LogP contribution in [0.2, 0.25) is 5.02 Å². The molecule has 1 aromatic carbocycles. The van der Waals surface area contributed by atoms with E-state index in [1.54, 1.807) is 0 Å². The van der Waals surface area contributed by atoms with Crippen LogP contribution >= 0.6 is 27.5 Å². The predicted molar refractivity (Wildman–Crippen MR) is 70.3 cm³/mol. The van der Waals surface area contributed by atoms with Gasteiger partial charge in [0, 0.05) is 22.6 Å². The molecule has 1 nitrogen and oxygen atoms in total. The highest BCUT2D eigenvalue weighted by Gasteiger charge is 2.09. The van der Waals surface area contributed by atoms with E-state index in [-0.39, 0.29) is 0 Å². The van der Waals surface area contributed by atoms with Gasteiger partial charge in [0.25, 0.3) is 0 Å². The molecule has 1 aromatic rings. The molecule has 0 atom stereocenters. The zero-order valence-corrected chi connectivity index (χ0v) is 11.7. The van der Waals surface area contributed by atoms with E-state index < -0.39 is 0 Å². The molecule has 84 valence electrons. The molecule has 0 bridgehead atoms. The van der Waals surface area contributed by atoms with Gasteiger partial charge in [-0.05, 0) is 29.2 Å². The molecule has 0 aliphatic rings. The van der Waals surface area contributed by atoms with E-state index in [2.05, 4.69) is 48.1 Å². The maximum atomic E-state index is 6.09. The molecule has 0 unspecified atom stereocenters. The molecule has 0 aliphatic carbocycles. The van der Waals surface area contributed by atoms with Gasteiger partial charge in [-0.15, -0.1) is 0 Å². The first-order valence-corrected chi connectivity index (χ1v) is 6.20. The van der Waals surface area contributed by atoms with Gasteiger partial charge >= 0.3 is 0 Å². The van der Waals surface area contributed by atoms with Gasteiger partial charge in [-0.3, -0.25) is 0 Å². The van der Waals surface area contributed by atoms with Crippen LogP contribution in [0.3, 0.4) is 0 Å². The van der Waals surface area contributed by atoms with E-state index in [0.29, 0.717) is 5.41 Å². The van der Waals surface area contributed by atoms with Gasteiger partial charge in [0.05, 0.1) is 0 Å². The largest absolute Gasteiger partial charge is 0.312 e. The second-order valence-electron chi connectivity index (χ2n) is 4.90. The Hall–Kier alpha value is -0.0500. The maximum Gasteiger partial charge on any atom is 0.0451 e. The average Bonchev–Trinajstić information content (AvgIpc) is 2.09. The number of halogens is 2. The summed E-state index contributed by atoms with van der Waals surface area (Å²) in [5.74, 6) is 0. The molecule has 1 rings (SSSR count). The second-order valence-corrected chi connectivity index (χ2v) is 6.22. The summed E-state index contributed by atoms with van der Waals surface area (Å²) in [6.45, 7) is 8.43. The summed E-state index contributed by atoms with van der Waals surface area (Å²) in [6, 6.07) is 5.92. The van der Waals surface area contributed by atoms with Gasteiger partial charge in [0.1, 0.15) is 0 Å². The van der Waals surface area contributed by atoms with Crippen LogP contribution in [-0.4, -0.2) is 6.54 Å². The summed E-state index contributed by atoms with van der Waals surface area (Å²) in [4.78, 5) is 0. The van der Waals surface area contributed by atoms with E-state index in [9.17, 15) is 0 Å². The standard InChI is InChI=1S/C12H17BrClN/c1-12(2,3)8-15-7-9-6-10(13)4-5-11(9)14/h4-6,15H,7-8H2,1-3H3. The van der Waals surface area contributed by atoms with Crippen molar-refractivity contribution in [3.63, 3.8) is 0 Å². The highest BCUT2D eigenvalue weighted by Crippen LogP contribution is 2.21. The van der Waals surface area contributed by atoms with E-state index in [1.807, 2.05) is 12.1 Å². The molecule has 0 aromatic heterocycles. The minimum Gasteiger partial charge on any atom is -0.312 e. The topological polar surface area (TPSA) is 12.0 Å². The lowest BCUT2D eigenvalue weighted by molar-refractivity contribution is 0.379. The van der Waals surface area contributed by atoms with Crippen LogP contribution in [0.5, 0.6) is 0 Å². The maximum absolute atomic E-state index is 6.09. The fourth-order valence-electron chi connectivity index (χ4n) is 1.25. The summed E-state index contributed by atoms with van der Waals surface area (Å²) in [7, 11) is 0. The van der Waals surface area contributed by atoms with Gasteiger partial charge < -0.3 is 5.32 Å². The van der Waals surface area contributed by atoms with Crippen molar-refractivity contribution in [1.82, 2.24) is 5.32 Å². The SMILES string of the molecule is CC(C)(C)CNCc1cc(Br)ccc1Cl. The van der Waals surface area contributed by atoms with Crippen LogP contribution in [0, 0.1) is 5.41 Å². The van der Waals surface area contributed by atoms with Gasteiger partial charge in [-0.25, -0.2) is 0 Å². The zero-order chi connectivity index (χ0) is 11.5. The Morgan fingerprint density at radius 1 is 1.33 bits per heavy atom. The Bertz CT molecular complexity index is 331. The first kappa shape index (κ1) is 13.0. The van der Waals surface area contributed by atoms with E-state index in [4.69, 9.17) is 11.6 Å². The Labute approximate surface area is 105 Å². The van der Waals surface area contributed by atoms with Crippen molar-refractivity contribution in [3.8, 4) is 0 Å². The van der Waals surface area contributed by atoms with E-state index >= 15 is 0 Å². The number of hydrogen-bond donors (Lipinski definition) is 1. The molecule has 0 aliphatic heterocycles. The zero-order valence-electron chi connectivity index (χ0n) is 9.40. The summed E-state index contributed by atoms with van der Waals surface area (Å²) < 4.78 is 1.07. The summed E-state index contributed by atoms with van der Waals surface area (Å²) >= 11 is 9.53. The van der Waals surface area contributed by atoms with E-state index in [0.717, 1.165) is 28.1 Å². The third-order valence-corrected chi connectivity index (χ3v) is 2.84. The molecule has 15 heavy (non-hydrogen) atoms. The Morgan fingerprint density at radius 3 is 2.60 bits per heavy atom. The first-order chi connectivity index (χ1) is 6.88. The van der Waals surface area contributed by atoms with Crippen LogP contribution in [0.4, 0.5) is 0 Å². The quantitative estimate of drug-likeness (QED) is 0.878. The number of nitrogens with one attached hydrogen (secondary N) is 1. The van der Waals surface area contributed by atoms with Crippen molar-refractivity contribution in [2.45, 2.75) is 27.3 Å². The van der Waals surface area contributed by atoms with Gasteiger partial charge in [-0.2, -0.15) is 0 Å². The van der Waals surface area contributed by atoms with Gasteiger partial charge in [0.15, 0.2) is 0 Å². The van der Waals surface area contributed by atoms with Crippen LogP contribution < -0.4 is 5.32 Å². The molecule has 1 N–H and O–H groups in total. The molecule has 0 saturated heterocycles. The summed E-state index contributed by atoms with van der Waals surface area (Å²) in [6.07, 6.45) is 0. The highest BCUT2D eigenvalue weighted by atomic mass is 79.9. The Kier molecular flexibility index (Phi) is 4.63. The molecule has 0 fully saturated rings. The normalized spacial score (nSPS) is 11.8. The lowest BCUT2D eigenvalue weighted by Crippen LogP contribution is -2.26. The molecule has 0 saturated carbocycles. The first-order valence-electron chi connectivity index (χ1n) is 5.03. The number of rotatable bonds is 3. The van der Waals surface area contributed by atoms with Crippen LogP contribution in [-0.2, 0) is 6.54 Å². The second kappa shape index (κ2) is 5.33. The molecule has 0 amide bonds. The van der Waals surface area contributed by atoms with Crippen LogP contribution in [0.25, 0.3) is 0 Å². The monoisotopic (exact) mass is 289 g/mol. The van der Waals surface area contributed by atoms with Crippen LogP contribution in [0.15, 0.2) is 22.7 Å². The lowest BCUT2D eigenvalue weighted by Gasteiger charge is -2.19. The van der Waals surface area contributed by atoms with Crippen molar-refractivity contribution in [2.75, 3.05) is 6.54 Å². The minimum absolute atomic E-state index is 0.304. The van der Waals surface area contributed by atoms with Crippen LogP contribution in [0.1, 0.15) is 26.3 Å². The van der Waals surface area contributed by atoms with Crippen molar-refractivity contribution < 1.29 is 0 Å². The lowest BCUT2D eigenvalue weighted by atomic mass is 9.97. The highest BCUT2D eigenvalue weighted by molar-refractivity contribution is 9.10. The molecule has 0 heterocycles. The molecule has 0 spiro atoms. The fraction of sp³-hybridized carbons (Fsp3) is 0.500. The summed E-state index contributed by atoms with van der Waals surface area (Å²) in [5.41, 5.74) is 1.44. The average molecular weight is 291 g/mol. The van der Waals surface area contributed by atoms with Crippen molar-refractivity contribution in [1.29, 1.82) is 0 Å². The smallest absolute Gasteiger partial charge is 0.0451 e. The molecule has 3 heteroatoms.